The Morgan fingerprint density at radius 2 is 2.26 bits per heavy atom. The summed E-state index contributed by atoms with van der Waals surface area (Å²) in [6.07, 6.45) is 0. The molecule has 1 heterocycles. The third-order valence-corrected chi connectivity index (χ3v) is 3.67. The number of aryl methyl sites for hydroxylation is 2. The number of benzene rings is 1. The van der Waals surface area contributed by atoms with Crippen molar-refractivity contribution in [3.05, 3.63) is 44.6 Å². The van der Waals surface area contributed by atoms with E-state index in [4.69, 9.17) is 21.6 Å². The Morgan fingerprint density at radius 1 is 1.53 bits per heavy atom. The van der Waals surface area contributed by atoms with Gasteiger partial charge in [-0.25, -0.2) is 0 Å². The minimum Gasteiger partial charge on any atom is -0.487 e. The van der Waals surface area contributed by atoms with Gasteiger partial charge in [-0.1, -0.05) is 27.5 Å². The van der Waals surface area contributed by atoms with Gasteiger partial charge in [0, 0.05) is 17.1 Å². The van der Waals surface area contributed by atoms with Crippen molar-refractivity contribution in [3.8, 4) is 11.8 Å². The number of halogens is 2. The second kappa shape index (κ2) is 5.64. The van der Waals surface area contributed by atoms with E-state index in [9.17, 15) is 0 Å². The fourth-order valence-corrected chi connectivity index (χ4v) is 2.29. The second-order valence-corrected chi connectivity index (χ2v) is 5.29. The lowest BCUT2D eigenvalue weighted by Crippen LogP contribution is -1.99. The fraction of sp³-hybridized carbons (Fsp3) is 0.231. The molecule has 0 N–H and O–H groups in total. The zero-order chi connectivity index (χ0) is 14.0. The number of ether oxygens (including phenoxy) is 1. The average Bonchev–Trinajstić information content (AvgIpc) is 2.62. The molecule has 2 rings (SSSR count). The fourth-order valence-electron chi connectivity index (χ4n) is 1.70. The van der Waals surface area contributed by atoms with Crippen LogP contribution in [0, 0.1) is 18.3 Å². The molecule has 0 aliphatic rings. The van der Waals surface area contributed by atoms with E-state index in [0.717, 1.165) is 15.7 Å². The van der Waals surface area contributed by atoms with Crippen molar-refractivity contribution < 1.29 is 4.74 Å². The summed E-state index contributed by atoms with van der Waals surface area (Å²) in [7, 11) is 1.78. The molecule has 19 heavy (non-hydrogen) atoms. The van der Waals surface area contributed by atoms with Crippen LogP contribution in [0.15, 0.2) is 22.7 Å². The summed E-state index contributed by atoms with van der Waals surface area (Å²) in [4.78, 5) is 0. The maximum absolute atomic E-state index is 9.06. The van der Waals surface area contributed by atoms with E-state index in [-0.39, 0.29) is 6.61 Å². The van der Waals surface area contributed by atoms with Gasteiger partial charge < -0.3 is 4.74 Å². The van der Waals surface area contributed by atoms with Crippen molar-refractivity contribution in [2.24, 2.45) is 7.05 Å². The van der Waals surface area contributed by atoms with Gasteiger partial charge in [0.05, 0.1) is 11.3 Å². The van der Waals surface area contributed by atoms with Gasteiger partial charge in [0.25, 0.3) is 0 Å². The van der Waals surface area contributed by atoms with Crippen molar-refractivity contribution in [2.75, 3.05) is 0 Å². The summed E-state index contributed by atoms with van der Waals surface area (Å²) in [6.45, 7) is 2.16. The van der Waals surface area contributed by atoms with Crippen LogP contribution in [-0.2, 0) is 13.7 Å². The van der Waals surface area contributed by atoms with Crippen molar-refractivity contribution in [2.45, 2.75) is 13.5 Å². The van der Waals surface area contributed by atoms with Crippen molar-refractivity contribution in [1.29, 1.82) is 5.26 Å². The Morgan fingerprint density at radius 3 is 2.84 bits per heavy atom. The molecule has 0 spiro atoms. The van der Waals surface area contributed by atoms with E-state index in [0.29, 0.717) is 16.5 Å². The maximum atomic E-state index is 9.06. The van der Waals surface area contributed by atoms with Crippen LogP contribution in [0.5, 0.6) is 5.75 Å². The highest BCUT2D eigenvalue weighted by Gasteiger charge is 2.13. The molecular weight excluding hydrogens is 330 g/mol. The second-order valence-electron chi connectivity index (χ2n) is 4.02. The lowest BCUT2D eigenvalue weighted by Gasteiger charge is -2.08. The number of aromatic nitrogens is 2. The van der Waals surface area contributed by atoms with Gasteiger partial charge in [-0.05, 0) is 25.1 Å². The zero-order valence-electron chi connectivity index (χ0n) is 10.4. The minimum atomic E-state index is 0.287. The summed E-state index contributed by atoms with van der Waals surface area (Å²) in [6, 6.07) is 7.39. The molecule has 0 aliphatic heterocycles. The molecule has 98 valence electrons. The molecule has 0 unspecified atom stereocenters. The highest BCUT2D eigenvalue weighted by molar-refractivity contribution is 9.10. The van der Waals surface area contributed by atoms with E-state index in [1.54, 1.807) is 23.9 Å². The molecule has 0 amide bonds. The highest BCUT2D eigenvalue weighted by Crippen LogP contribution is 2.25. The predicted octanol–water partition coefficient (Wildman–Crippen LogP) is 3.60. The van der Waals surface area contributed by atoms with Crippen LogP contribution in [0.25, 0.3) is 0 Å². The van der Waals surface area contributed by atoms with Gasteiger partial charge in [-0.3, -0.25) is 4.68 Å². The minimum absolute atomic E-state index is 0.287. The van der Waals surface area contributed by atoms with Crippen molar-refractivity contribution in [3.63, 3.8) is 0 Å². The van der Waals surface area contributed by atoms with Gasteiger partial charge in [0.1, 0.15) is 23.6 Å². The van der Waals surface area contributed by atoms with Crippen LogP contribution in [0.3, 0.4) is 0 Å². The van der Waals surface area contributed by atoms with Crippen LogP contribution in [0.1, 0.15) is 16.8 Å². The summed E-state index contributed by atoms with van der Waals surface area (Å²) >= 11 is 9.45. The lowest BCUT2D eigenvalue weighted by atomic mass is 10.2. The molecule has 0 saturated heterocycles. The number of nitrogens with zero attached hydrogens (tertiary/aromatic N) is 3. The molecular formula is C13H11BrClN3O. The van der Waals surface area contributed by atoms with Crippen LogP contribution >= 0.6 is 27.5 Å². The lowest BCUT2D eigenvalue weighted by molar-refractivity contribution is 0.304. The number of nitriles is 1. The first-order valence-electron chi connectivity index (χ1n) is 5.53. The molecule has 0 radical (unpaired) electrons. The van der Waals surface area contributed by atoms with Gasteiger partial charge in [-0.2, -0.15) is 10.4 Å². The summed E-state index contributed by atoms with van der Waals surface area (Å²) in [5.74, 6) is 0.532. The van der Waals surface area contributed by atoms with E-state index in [1.807, 2.05) is 13.0 Å². The molecule has 0 atom stereocenters. The molecule has 0 fully saturated rings. The van der Waals surface area contributed by atoms with Crippen LogP contribution in [0.4, 0.5) is 0 Å². The summed E-state index contributed by atoms with van der Waals surface area (Å²) in [5, 5.41) is 13.8. The Hall–Kier alpha value is -1.51. The third-order valence-electron chi connectivity index (χ3n) is 2.70. The largest absolute Gasteiger partial charge is 0.487 e. The smallest absolute Gasteiger partial charge is 0.137 e. The standard InChI is InChI=1S/C13H11BrClN3O/c1-8-11(13(15)18(2)17-8)7-19-12-4-3-10(14)5-9(12)6-16/h3-5H,7H2,1-2H3. The molecule has 0 bridgehead atoms. The Balaban J connectivity index is 2.22. The third kappa shape index (κ3) is 2.91. The first-order valence-corrected chi connectivity index (χ1v) is 6.70. The first-order chi connectivity index (χ1) is 9.02. The van der Waals surface area contributed by atoms with Crippen molar-refractivity contribution >= 4 is 27.5 Å². The number of rotatable bonds is 3. The molecule has 1 aromatic carbocycles. The van der Waals surface area contributed by atoms with Crippen molar-refractivity contribution in [1.82, 2.24) is 9.78 Å². The molecule has 1 aromatic heterocycles. The quantitative estimate of drug-likeness (QED) is 0.858. The number of hydrogen-bond acceptors (Lipinski definition) is 3. The first kappa shape index (κ1) is 13.9. The summed E-state index contributed by atoms with van der Waals surface area (Å²) in [5.41, 5.74) is 2.13. The topological polar surface area (TPSA) is 50.8 Å². The molecule has 0 aliphatic carbocycles. The predicted molar refractivity (Wildman–Crippen MR) is 76.1 cm³/mol. The van der Waals surface area contributed by atoms with Crippen LogP contribution < -0.4 is 4.74 Å². The van der Waals surface area contributed by atoms with E-state index < -0.39 is 0 Å². The average molecular weight is 341 g/mol. The van der Waals surface area contributed by atoms with Gasteiger partial charge in [0.2, 0.25) is 0 Å². The SMILES string of the molecule is Cc1nn(C)c(Cl)c1COc1ccc(Br)cc1C#N. The van der Waals surface area contributed by atoms with Gasteiger partial charge in [-0.15, -0.1) is 0 Å². The Kier molecular flexibility index (Phi) is 4.13. The zero-order valence-corrected chi connectivity index (χ0v) is 12.8. The number of hydrogen-bond donors (Lipinski definition) is 0. The molecule has 2 aromatic rings. The van der Waals surface area contributed by atoms with E-state index in [2.05, 4.69) is 27.1 Å². The molecule has 6 heteroatoms. The normalized spacial score (nSPS) is 10.3. The van der Waals surface area contributed by atoms with Crippen LogP contribution in [0.2, 0.25) is 5.15 Å². The van der Waals surface area contributed by atoms with Crippen LogP contribution in [-0.4, -0.2) is 9.78 Å². The highest BCUT2D eigenvalue weighted by atomic mass is 79.9. The Bertz CT molecular complexity index is 661. The monoisotopic (exact) mass is 339 g/mol. The van der Waals surface area contributed by atoms with E-state index in [1.165, 1.54) is 0 Å². The molecule has 0 saturated carbocycles. The van der Waals surface area contributed by atoms with Gasteiger partial charge >= 0.3 is 0 Å². The van der Waals surface area contributed by atoms with Gasteiger partial charge in [0.15, 0.2) is 0 Å². The summed E-state index contributed by atoms with van der Waals surface area (Å²) < 4.78 is 8.10. The Labute approximate surface area is 124 Å². The molecule has 4 nitrogen and oxygen atoms in total. The van der Waals surface area contributed by atoms with E-state index >= 15 is 0 Å². The maximum Gasteiger partial charge on any atom is 0.137 e.